The Hall–Kier alpha value is -1.64. The van der Waals surface area contributed by atoms with E-state index >= 15 is 0 Å². The molecule has 1 fully saturated rings. The predicted molar refractivity (Wildman–Crippen MR) is 101 cm³/mol. The number of carbonyl (C=O) groups is 2. The summed E-state index contributed by atoms with van der Waals surface area (Å²) in [5, 5.41) is 0. The molecule has 4 rings (SSSR count). The molecule has 0 saturated heterocycles. The largest absolute Gasteiger partial charge is 0.462 e. The number of ether oxygens (including phenoxy) is 1. The van der Waals surface area contributed by atoms with Crippen molar-refractivity contribution in [2.75, 3.05) is 0 Å². The van der Waals surface area contributed by atoms with Gasteiger partial charge in [-0.3, -0.25) is 4.79 Å². The molecule has 0 bridgehead atoms. The number of hydrogen-bond acceptors (Lipinski definition) is 3. The molecule has 0 amide bonds. The number of carbonyl (C=O) groups excluding carboxylic acids is 2. The summed E-state index contributed by atoms with van der Waals surface area (Å²) in [6.07, 6.45) is 8.72. The zero-order chi connectivity index (χ0) is 18.5. The van der Waals surface area contributed by atoms with Crippen molar-refractivity contribution in [2.24, 2.45) is 17.3 Å². The summed E-state index contributed by atoms with van der Waals surface area (Å²) in [6, 6.07) is 4.63. The lowest BCUT2D eigenvalue weighted by Gasteiger charge is -2.44. The normalized spacial score (nSPS) is 33.6. The summed E-state index contributed by atoms with van der Waals surface area (Å²) in [5.41, 5.74) is 6.28. The summed E-state index contributed by atoms with van der Waals surface area (Å²) in [7, 11) is 0. The standard InChI is InChI=1S/C23H30O3/c1-14(13-24)21-8-9-22-20-6-4-16-12-17(26-15(2)25)5-7-18(16)19(20)10-11-23(21,22)3/h4,6,13-14,17,21-22H,5,7-12H2,1-3H3/t14-,17+,21-,22+,23-/m1/s1. The number of esters is 1. The molecular formula is C23H30O3. The summed E-state index contributed by atoms with van der Waals surface area (Å²) in [6.45, 7) is 6.03. The van der Waals surface area contributed by atoms with Crippen molar-refractivity contribution in [1.29, 1.82) is 0 Å². The number of rotatable bonds is 3. The highest BCUT2D eigenvalue weighted by molar-refractivity contribution is 5.66. The number of fused-ring (bicyclic) bond motifs is 5. The van der Waals surface area contributed by atoms with E-state index < -0.39 is 0 Å². The van der Waals surface area contributed by atoms with Crippen LogP contribution in [0.15, 0.2) is 12.1 Å². The predicted octanol–water partition coefficient (Wildman–Crippen LogP) is 4.39. The Morgan fingerprint density at radius 2 is 2.04 bits per heavy atom. The lowest BCUT2D eigenvalue weighted by atomic mass is 9.60. The van der Waals surface area contributed by atoms with E-state index in [9.17, 15) is 9.59 Å². The van der Waals surface area contributed by atoms with Gasteiger partial charge in [0.15, 0.2) is 0 Å². The van der Waals surface area contributed by atoms with E-state index in [-0.39, 0.29) is 23.4 Å². The van der Waals surface area contributed by atoms with E-state index in [0.29, 0.717) is 11.8 Å². The quantitative estimate of drug-likeness (QED) is 0.597. The van der Waals surface area contributed by atoms with Gasteiger partial charge in [0, 0.05) is 19.3 Å². The molecule has 0 heterocycles. The monoisotopic (exact) mass is 354 g/mol. The third kappa shape index (κ3) is 2.71. The van der Waals surface area contributed by atoms with E-state index in [0.717, 1.165) is 32.0 Å². The molecule has 0 radical (unpaired) electrons. The molecule has 5 atom stereocenters. The molecule has 0 unspecified atom stereocenters. The van der Waals surface area contributed by atoms with Crippen molar-refractivity contribution in [1.82, 2.24) is 0 Å². The number of benzene rings is 1. The van der Waals surface area contributed by atoms with Gasteiger partial charge in [-0.25, -0.2) is 0 Å². The lowest BCUT2D eigenvalue weighted by molar-refractivity contribution is -0.146. The van der Waals surface area contributed by atoms with Gasteiger partial charge in [0.2, 0.25) is 0 Å². The average molecular weight is 354 g/mol. The minimum absolute atomic E-state index is 0.0382. The van der Waals surface area contributed by atoms with Gasteiger partial charge in [0.05, 0.1) is 0 Å². The molecule has 0 aromatic heterocycles. The molecule has 1 aromatic carbocycles. The molecule has 1 aromatic rings. The highest BCUT2D eigenvalue weighted by atomic mass is 16.5. The number of aldehydes is 1. The molecule has 3 heteroatoms. The fourth-order valence-corrected chi connectivity index (χ4v) is 6.36. The Morgan fingerprint density at radius 1 is 1.23 bits per heavy atom. The highest BCUT2D eigenvalue weighted by Gasteiger charge is 2.51. The van der Waals surface area contributed by atoms with Crippen molar-refractivity contribution in [3.63, 3.8) is 0 Å². The molecule has 0 spiro atoms. The minimum atomic E-state index is -0.173. The molecule has 3 aliphatic carbocycles. The van der Waals surface area contributed by atoms with E-state index in [1.54, 1.807) is 11.1 Å². The zero-order valence-corrected chi connectivity index (χ0v) is 16.2. The first-order valence-corrected chi connectivity index (χ1v) is 10.2. The number of hydrogen-bond donors (Lipinski definition) is 0. The van der Waals surface area contributed by atoms with Crippen molar-refractivity contribution < 1.29 is 14.3 Å². The SMILES string of the molecule is CC(=O)O[C@H]1CCc2c(ccc3c2CC[C@]2(C)[C@@H]([C@H](C)C=O)CC[C@@H]32)C1. The Bertz CT molecular complexity index is 737. The van der Waals surface area contributed by atoms with Crippen LogP contribution in [0.3, 0.4) is 0 Å². The third-order valence-electron chi connectivity index (χ3n) is 7.61. The van der Waals surface area contributed by atoms with Crippen LogP contribution >= 0.6 is 0 Å². The van der Waals surface area contributed by atoms with Gasteiger partial charge in [0.25, 0.3) is 0 Å². The van der Waals surface area contributed by atoms with Crippen molar-refractivity contribution >= 4 is 12.3 Å². The second-order valence-electron chi connectivity index (χ2n) is 8.98. The maximum atomic E-state index is 11.4. The summed E-state index contributed by atoms with van der Waals surface area (Å²) in [5.74, 6) is 1.10. The van der Waals surface area contributed by atoms with Crippen molar-refractivity contribution in [2.45, 2.75) is 77.7 Å². The smallest absolute Gasteiger partial charge is 0.302 e. The second kappa shape index (κ2) is 6.51. The van der Waals surface area contributed by atoms with E-state index in [2.05, 4.69) is 26.0 Å². The zero-order valence-electron chi connectivity index (χ0n) is 16.2. The van der Waals surface area contributed by atoms with Crippen LogP contribution in [0.1, 0.15) is 74.6 Å². The van der Waals surface area contributed by atoms with Crippen LogP contribution in [0, 0.1) is 17.3 Å². The maximum Gasteiger partial charge on any atom is 0.302 e. The van der Waals surface area contributed by atoms with Gasteiger partial charge in [-0.15, -0.1) is 0 Å². The van der Waals surface area contributed by atoms with Crippen LogP contribution in [0.5, 0.6) is 0 Å². The summed E-state index contributed by atoms with van der Waals surface area (Å²) < 4.78 is 5.46. The van der Waals surface area contributed by atoms with Crippen LogP contribution in [0.4, 0.5) is 0 Å². The van der Waals surface area contributed by atoms with E-state index in [1.165, 1.54) is 37.3 Å². The average Bonchev–Trinajstić information content (AvgIpc) is 2.97. The molecule has 140 valence electrons. The van der Waals surface area contributed by atoms with Crippen LogP contribution in [-0.4, -0.2) is 18.4 Å². The van der Waals surface area contributed by atoms with Gasteiger partial charge in [-0.05, 0) is 78.0 Å². The van der Waals surface area contributed by atoms with Crippen LogP contribution in [0.2, 0.25) is 0 Å². The van der Waals surface area contributed by atoms with Crippen molar-refractivity contribution in [3.8, 4) is 0 Å². The Labute approximate surface area is 156 Å². The van der Waals surface area contributed by atoms with Crippen LogP contribution < -0.4 is 0 Å². The molecule has 1 saturated carbocycles. The first kappa shape index (κ1) is 17.8. The lowest BCUT2D eigenvalue weighted by Crippen LogP contribution is -2.36. The molecule has 3 nitrogen and oxygen atoms in total. The maximum absolute atomic E-state index is 11.4. The first-order valence-electron chi connectivity index (χ1n) is 10.2. The molecular weight excluding hydrogens is 324 g/mol. The molecule has 26 heavy (non-hydrogen) atoms. The summed E-state index contributed by atoms with van der Waals surface area (Å²) in [4.78, 5) is 22.7. The Kier molecular flexibility index (Phi) is 4.45. The van der Waals surface area contributed by atoms with Crippen molar-refractivity contribution in [3.05, 3.63) is 34.4 Å². The highest BCUT2D eigenvalue weighted by Crippen LogP contribution is 2.60. The fraction of sp³-hybridized carbons (Fsp3) is 0.652. The third-order valence-corrected chi connectivity index (χ3v) is 7.61. The summed E-state index contributed by atoms with van der Waals surface area (Å²) >= 11 is 0. The van der Waals surface area contributed by atoms with Gasteiger partial charge in [-0.1, -0.05) is 26.0 Å². The van der Waals surface area contributed by atoms with Crippen LogP contribution in [-0.2, 0) is 33.6 Å². The Morgan fingerprint density at radius 3 is 2.77 bits per heavy atom. The Balaban J connectivity index is 1.64. The van der Waals surface area contributed by atoms with Gasteiger partial charge in [0.1, 0.15) is 12.4 Å². The minimum Gasteiger partial charge on any atom is -0.462 e. The van der Waals surface area contributed by atoms with Gasteiger partial charge >= 0.3 is 5.97 Å². The molecule has 0 N–H and O–H groups in total. The van der Waals surface area contributed by atoms with Gasteiger partial charge < -0.3 is 9.53 Å². The van der Waals surface area contributed by atoms with Crippen LogP contribution in [0.25, 0.3) is 0 Å². The second-order valence-corrected chi connectivity index (χ2v) is 8.98. The van der Waals surface area contributed by atoms with E-state index in [1.807, 2.05) is 0 Å². The fourth-order valence-electron chi connectivity index (χ4n) is 6.36. The first-order chi connectivity index (χ1) is 12.4. The van der Waals surface area contributed by atoms with E-state index in [4.69, 9.17) is 4.74 Å². The van der Waals surface area contributed by atoms with Gasteiger partial charge in [-0.2, -0.15) is 0 Å². The topological polar surface area (TPSA) is 43.4 Å². The molecule has 3 aliphatic rings. The molecule has 0 aliphatic heterocycles.